The molecule has 1 aromatic rings. The standard InChI is InChI=1S/C11H14BrN/c1-8(2)6-11(13)9-4-3-5-10(12)7-9/h3-7,11H,13H2,1-2H3. The van der Waals surface area contributed by atoms with Crippen LogP contribution in [0.2, 0.25) is 0 Å². The van der Waals surface area contributed by atoms with Gasteiger partial charge in [0.05, 0.1) is 0 Å². The third kappa shape index (κ3) is 3.33. The van der Waals surface area contributed by atoms with Crippen molar-refractivity contribution in [1.29, 1.82) is 0 Å². The molecular formula is C11H14BrN. The molecule has 2 N–H and O–H groups in total. The van der Waals surface area contributed by atoms with Crippen LogP contribution in [0, 0.1) is 0 Å². The molecule has 0 heterocycles. The first-order valence-electron chi connectivity index (χ1n) is 4.25. The van der Waals surface area contributed by atoms with Crippen LogP contribution in [0.1, 0.15) is 25.5 Å². The van der Waals surface area contributed by atoms with E-state index in [1.54, 1.807) is 0 Å². The van der Waals surface area contributed by atoms with Crippen LogP contribution in [0.3, 0.4) is 0 Å². The molecule has 1 aromatic carbocycles. The first-order valence-corrected chi connectivity index (χ1v) is 5.05. The molecule has 0 aliphatic heterocycles. The van der Waals surface area contributed by atoms with Gasteiger partial charge in [-0.05, 0) is 31.5 Å². The van der Waals surface area contributed by atoms with E-state index in [4.69, 9.17) is 5.73 Å². The SMILES string of the molecule is CC(C)=CC(N)c1cccc(Br)c1. The largest absolute Gasteiger partial charge is 0.321 e. The Balaban J connectivity index is 2.89. The van der Waals surface area contributed by atoms with Crippen LogP contribution in [-0.2, 0) is 0 Å². The molecule has 0 aliphatic rings. The van der Waals surface area contributed by atoms with Gasteiger partial charge in [-0.1, -0.05) is 39.7 Å². The van der Waals surface area contributed by atoms with E-state index >= 15 is 0 Å². The van der Waals surface area contributed by atoms with E-state index in [0.717, 1.165) is 10.0 Å². The molecule has 1 unspecified atom stereocenters. The maximum atomic E-state index is 5.97. The second-order valence-electron chi connectivity index (χ2n) is 3.32. The Hall–Kier alpha value is -0.600. The normalized spacial score (nSPS) is 12.3. The highest BCUT2D eigenvalue weighted by Gasteiger charge is 2.01. The van der Waals surface area contributed by atoms with Gasteiger partial charge in [-0.2, -0.15) is 0 Å². The lowest BCUT2D eigenvalue weighted by molar-refractivity contribution is 0.898. The smallest absolute Gasteiger partial charge is 0.0483 e. The summed E-state index contributed by atoms with van der Waals surface area (Å²) in [5, 5.41) is 0. The molecular weight excluding hydrogens is 226 g/mol. The molecule has 0 saturated heterocycles. The quantitative estimate of drug-likeness (QED) is 0.787. The van der Waals surface area contributed by atoms with Crippen molar-refractivity contribution >= 4 is 15.9 Å². The van der Waals surface area contributed by atoms with E-state index in [2.05, 4.69) is 35.9 Å². The minimum atomic E-state index is 0.00231. The maximum absolute atomic E-state index is 5.97. The van der Waals surface area contributed by atoms with Gasteiger partial charge in [0.2, 0.25) is 0 Å². The molecule has 0 radical (unpaired) electrons. The van der Waals surface area contributed by atoms with Gasteiger partial charge in [0.25, 0.3) is 0 Å². The highest BCUT2D eigenvalue weighted by Crippen LogP contribution is 2.18. The molecule has 1 rings (SSSR count). The number of nitrogens with two attached hydrogens (primary N) is 1. The number of halogens is 1. The summed E-state index contributed by atoms with van der Waals surface area (Å²) in [6.07, 6.45) is 2.06. The van der Waals surface area contributed by atoms with Crippen molar-refractivity contribution in [3.8, 4) is 0 Å². The van der Waals surface area contributed by atoms with Gasteiger partial charge < -0.3 is 5.73 Å². The van der Waals surface area contributed by atoms with Crippen LogP contribution < -0.4 is 5.73 Å². The lowest BCUT2D eigenvalue weighted by Crippen LogP contribution is -2.07. The number of rotatable bonds is 2. The van der Waals surface area contributed by atoms with Crippen molar-refractivity contribution in [2.45, 2.75) is 19.9 Å². The van der Waals surface area contributed by atoms with E-state index in [1.807, 2.05) is 24.3 Å². The Morgan fingerprint density at radius 2 is 2.15 bits per heavy atom. The molecule has 0 aliphatic carbocycles. The van der Waals surface area contributed by atoms with Crippen molar-refractivity contribution in [3.63, 3.8) is 0 Å². The van der Waals surface area contributed by atoms with E-state index in [9.17, 15) is 0 Å². The molecule has 13 heavy (non-hydrogen) atoms. The van der Waals surface area contributed by atoms with Gasteiger partial charge in [0, 0.05) is 10.5 Å². The van der Waals surface area contributed by atoms with E-state index in [1.165, 1.54) is 5.57 Å². The Bertz CT molecular complexity index is 314. The molecule has 0 amide bonds. The summed E-state index contributed by atoms with van der Waals surface area (Å²) in [7, 11) is 0. The van der Waals surface area contributed by atoms with Gasteiger partial charge in [-0.25, -0.2) is 0 Å². The topological polar surface area (TPSA) is 26.0 Å². The zero-order valence-corrected chi connectivity index (χ0v) is 9.51. The van der Waals surface area contributed by atoms with Gasteiger partial charge in [-0.3, -0.25) is 0 Å². The molecule has 0 spiro atoms. The molecule has 0 fully saturated rings. The Kier molecular flexibility index (Phi) is 3.70. The molecule has 0 saturated carbocycles. The average Bonchev–Trinajstić information content (AvgIpc) is 2.03. The summed E-state index contributed by atoms with van der Waals surface area (Å²) < 4.78 is 1.07. The van der Waals surface area contributed by atoms with E-state index in [-0.39, 0.29) is 6.04 Å². The van der Waals surface area contributed by atoms with Crippen LogP contribution in [0.5, 0.6) is 0 Å². The summed E-state index contributed by atoms with van der Waals surface area (Å²) in [6, 6.07) is 8.08. The summed E-state index contributed by atoms with van der Waals surface area (Å²) >= 11 is 3.42. The van der Waals surface area contributed by atoms with Crippen LogP contribution in [-0.4, -0.2) is 0 Å². The second kappa shape index (κ2) is 4.58. The zero-order chi connectivity index (χ0) is 9.84. The second-order valence-corrected chi connectivity index (χ2v) is 4.24. The monoisotopic (exact) mass is 239 g/mol. The van der Waals surface area contributed by atoms with E-state index in [0.29, 0.717) is 0 Å². The first-order chi connectivity index (χ1) is 6.09. The maximum Gasteiger partial charge on any atom is 0.0483 e. The van der Waals surface area contributed by atoms with Crippen LogP contribution in [0.4, 0.5) is 0 Å². The summed E-state index contributed by atoms with van der Waals surface area (Å²) in [5.41, 5.74) is 8.35. The molecule has 70 valence electrons. The van der Waals surface area contributed by atoms with Crippen molar-refractivity contribution in [1.82, 2.24) is 0 Å². The van der Waals surface area contributed by atoms with Crippen LogP contribution in [0.25, 0.3) is 0 Å². The average molecular weight is 240 g/mol. The Labute approximate surface area is 87.8 Å². The van der Waals surface area contributed by atoms with Crippen molar-refractivity contribution in [3.05, 3.63) is 46.0 Å². The Morgan fingerprint density at radius 3 is 2.69 bits per heavy atom. The number of hydrogen-bond donors (Lipinski definition) is 1. The van der Waals surface area contributed by atoms with Crippen molar-refractivity contribution in [2.24, 2.45) is 5.73 Å². The summed E-state index contributed by atoms with van der Waals surface area (Å²) in [6.45, 7) is 4.11. The van der Waals surface area contributed by atoms with Gasteiger partial charge in [0.15, 0.2) is 0 Å². The molecule has 0 bridgehead atoms. The third-order valence-corrected chi connectivity index (χ3v) is 2.24. The van der Waals surface area contributed by atoms with Crippen LogP contribution >= 0.6 is 15.9 Å². The molecule has 1 atom stereocenters. The third-order valence-electron chi connectivity index (χ3n) is 1.75. The fraction of sp³-hybridized carbons (Fsp3) is 0.273. The number of benzene rings is 1. The molecule has 2 heteroatoms. The first kappa shape index (κ1) is 10.5. The van der Waals surface area contributed by atoms with Crippen molar-refractivity contribution < 1.29 is 0 Å². The van der Waals surface area contributed by atoms with Gasteiger partial charge >= 0.3 is 0 Å². The fourth-order valence-corrected chi connectivity index (χ4v) is 1.59. The molecule has 1 nitrogen and oxygen atoms in total. The van der Waals surface area contributed by atoms with Crippen LogP contribution in [0.15, 0.2) is 40.4 Å². The highest BCUT2D eigenvalue weighted by atomic mass is 79.9. The fourth-order valence-electron chi connectivity index (χ4n) is 1.17. The lowest BCUT2D eigenvalue weighted by atomic mass is 10.1. The van der Waals surface area contributed by atoms with Gasteiger partial charge in [-0.15, -0.1) is 0 Å². The number of allylic oxidation sites excluding steroid dienone is 1. The van der Waals surface area contributed by atoms with Crippen molar-refractivity contribution in [2.75, 3.05) is 0 Å². The Morgan fingerprint density at radius 1 is 1.46 bits per heavy atom. The predicted molar refractivity (Wildman–Crippen MR) is 60.5 cm³/mol. The summed E-state index contributed by atoms with van der Waals surface area (Å²) in [4.78, 5) is 0. The zero-order valence-electron chi connectivity index (χ0n) is 7.92. The number of hydrogen-bond acceptors (Lipinski definition) is 1. The van der Waals surface area contributed by atoms with Gasteiger partial charge in [0.1, 0.15) is 0 Å². The predicted octanol–water partition coefficient (Wildman–Crippen LogP) is 3.42. The lowest BCUT2D eigenvalue weighted by Gasteiger charge is -2.07. The minimum absolute atomic E-state index is 0.00231. The highest BCUT2D eigenvalue weighted by molar-refractivity contribution is 9.10. The molecule has 0 aromatic heterocycles. The van der Waals surface area contributed by atoms with E-state index < -0.39 is 0 Å². The summed E-state index contributed by atoms with van der Waals surface area (Å²) in [5.74, 6) is 0. The minimum Gasteiger partial charge on any atom is -0.321 e.